The maximum absolute atomic E-state index is 12.7. The molecule has 0 heterocycles. The molecule has 3 nitrogen and oxygen atoms in total. The number of ether oxygens (including phenoxy) is 1. The van der Waals surface area contributed by atoms with Crippen LogP contribution < -0.4 is 10.5 Å². The maximum Gasteiger partial charge on any atom is 0.417 e. The minimum atomic E-state index is -4.89. The van der Waals surface area contributed by atoms with Crippen molar-refractivity contribution in [3.8, 4) is 5.75 Å². The SMILES string of the molecule is CC(=O)c1c(N)cc(OC(F)F)cc1C(F)(F)F. The number of benzene rings is 1. The predicted molar refractivity (Wildman–Crippen MR) is 52.5 cm³/mol. The van der Waals surface area contributed by atoms with Crippen molar-refractivity contribution in [2.75, 3.05) is 5.73 Å². The Kier molecular flexibility index (Phi) is 3.78. The molecule has 0 fully saturated rings. The van der Waals surface area contributed by atoms with Crippen LogP contribution >= 0.6 is 0 Å². The molecule has 0 aromatic heterocycles. The van der Waals surface area contributed by atoms with Gasteiger partial charge in [-0.05, 0) is 13.0 Å². The second kappa shape index (κ2) is 4.79. The van der Waals surface area contributed by atoms with Gasteiger partial charge in [-0.15, -0.1) is 0 Å². The molecule has 0 aliphatic heterocycles. The van der Waals surface area contributed by atoms with Crippen molar-refractivity contribution in [1.29, 1.82) is 0 Å². The summed E-state index contributed by atoms with van der Waals surface area (Å²) in [7, 11) is 0. The molecule has 0 atom stereocenters. The summed E-state index contributed by atoms with van der Waals surface area (Å²) in [5.74, 6) is -1.66. The van der Waals surface area contributed by atoms with Crippen molar-refractivity contribution in [3.05, 3.63) is 23.3 Å². The molecular weight excluding hydrogens is 261 g/mol. The lowest BCUT2D eigenvalue weighted by atomic mass is 10.0. The Morgan fingerprint density at radius 2 is 1.89 bits per heavy atom. The minimum absolute atomic E-state index is 0.319. The van der Waals surface area contributed by atoms with E-state index in [9.17, 15) is 26.7 Å². The fourth-order valence-electron chi connectivity index (χ4n) is 1.42. The van der Waals surface area contributed by atoms with E-state index in [0.29, 0.717) is 6.07 Å². The number of anilines is 1. The van der Waals surface area contributed by atoms with Crippen LogP contribution in [0.1, 0.15) is 22.8 Å². The van der Waals surface area contributed by atoms with Crippen LogP contribution in [0.25, 0.3) is 0 Å². The second-order valence-corrected chi connectivity index (χ2v) is 3.37. The summed E-state index contributed by atoms with van der Waals surface area (Å²) in [6.07, 6.45) is -4.89. The summed E-state index contributed by atoms with van der Waals surface area (Å²) in [6.45, 7) is -2.39. The van der Waals surface area contributed by atoms with Crippen molar-refractivity contribution in [1.82, 2.24) is 0 Å². The molecule has 0 aliphatic rings. The van der Waals surface area contributed by atoms with Gasteiger partial charge in [-0.3, -0.25) is 4.79 Å². The number of halogens is 5. The van der Waals surface area contributed by atoms with Gasteiger partial charge in [0.1, 0.15) is 5.75 Å². The Morgan fingerprint density at radius 1 is 1.33 bits per heavy atom. The van der Waals surface area contributed by atoms with Gasteiger partial charge in [-0.1, -0.05) is 0 Å². The fraction of sp³-hybridized carbons (Fsp3) is 0.300. The smallest absolute Gasteiger partial charge is 0.417 e. The average molecular weight is 269 g/mol. The van der Waals surface area contributed by atoms with Crippen LogP contribution in [-0.2, 0) is 6.18 Å². The topological polar surface area (TPSA) is 52.3 Å². The van der Waals surface area contributed by atoms with E-state index in [1.807, 2.05) is 0 Å². The zero-order valence-corrected chi connectivity index (χ0v) is 9.02. The first-order valence-corrected chi connectivity index (χ1v) is 4.59. The van der Waals surface area contributed by atoms with E-state index in [-0.39, 0.29) is 0 Å². The molecule has 0 bridgehead atoms. The van der Waals surface area contributed by atoms with Gasteiger partial charge >= 0.3 is 12.8 Å². The van der Waals surface area contributed by atoms with Crippen molar-refractivity contribution in [3.63, 3.8) is 0 Å². The van der Waals surface area contributed by atoms with Crippen LogP contribution in [-0.4, -0.2) is 12.4 Å². The number of carbonyl (C=O) groups is 1. The number of Topliss-reactive ketones (excluding diaryl/α,β-unsaturated/α-hetero) is 1. The van der Waals surface area contributed by atoms with Crippen molar-refractivity contribution in [2.24, 2.45) is 0 Å². The molecule has 0 spiro atoms. The lowest BCUT2D eigenvalue weighted by Crippen LogP contribution is -2.15. The molecule has 0 unspecified atom stereocenters. The largest absolute Gasteiger partial charge is 0.435 e. The molecular formula is C10H8F5NO2. The third kappa shape index (κ3) is 3.08. The monoisotopic (exact) mass is 269 g/mol. The highest BCUT2D eigenvalue weighted by Gasteiger charge is 2.36. The van der Waals surface area contributed by atoms with Crippen LogP contribution in [0.2, 0.25) is 0 Å². The molecule has 1 rings (SSSR count). The van der Waals surface area contributed by atoms with E-state index >= 15 is 0 Å². The highest BCUT2D eigenvalue weighted by molar-refractivity contribution is 6.01. The lowest BCUT2D eigenvalue weighted by molar-refractivity contribution is -0.138. The van der Waals surface area contributed by atoms with Gasteiger partial charge in [0.25, 0.3) is 0 Å². The van der Waals surface area contributed by atoms with Crippen molar-refractivity contribution < 1.29 is 31.5 Å². The number of nitrogens with two attached hydrogens (primary N) is 1. The Bertz CT molecular complexity index is 470. The number of rotatable bonds is 3. The van der Waals surface area contributed by atoms with E-state index in [4.69, 9.17) is 5.73 Å². The van der Waals surface area contributed by atoms with Crippen molar-refractivity contribution >= 4 is 11.5 Å². The van der Waals surface area contributed by atoms with Gasteiger partial charge in [0.2, 0.25) is 0 Å². The molecule has 0 saturated carbocycles. The predicted octanol–water partition coefficient (Wildman–Crippen LogP) is 3.09. The second-order valence-electron chi connectivity index (χ2n) is 3.37. The number of carbonyl (C=O) groups excluding carboxylic acids is 1. The highest BCUT2D eigenvalue weighted by atomic mass is 19.4. The molecule has 0 saturated heterocycles. The summed E-state index contributed by atoms with van der Waals surface area (Å²) in [4.78, 5) is 11.1. The summed E-state index contributed by atoms with van der Waals surface area (Å²) in [5, 5.41) is 0. The van der Waals surface area contributed by atoms with E-state index in [2.05, 4.69) is 4.74 Å². The fourth-order valence-corrected chi connectivity index (χ4v) is 1.42. The summed E-state index contributed by atoms with van der Waals surface area (Å²) in [6, 6.07) is 1.07. The molecule has 100 valence electrons. The van der Waals surface area contributed by atoms with E-state index in [1.54, 1.807) is 0 Å². The number of hydrogen-bond acceptors (Lipinski definition) is 3. The summed E-state index contributed by atoms with van der Waals surface area (Å²) in [5.41, 5.74) is 2.53. The number of nitrogen functional groups attached to an aromatic ring is 1. The quantitative estimate of drug-likeness (QED) is 0.521. The van der Waals surface area contributed by atoms with Gasteiger partial charge in [0.05, 0.1) is 11.1 Å². The molecule has 0 radical (unpaired) electrons. The molecule has 0 amide bonds. The zero-order chi connectivity index (χ0) is 14.1. The summed E-state index contributed by atoms with van der Waals surface area (Å²) >= 11 is 0. The number of ketones is 1. The van der Waals surface area contributed by atoms with Gasteiger partial charge in [-0.25, -0.2) is 0 Å². The molecule has 2 N–H and O–H groups in total. The number of hydrogen-bond donors (Lipinski definition) is 1. The Balaban J connectivity index is 3.43. The van der Waals surface area contributed by atoms with Gasteiger partial charge in [0, 0.05) is 11.8 Å². The highest BCUT2D eigenvalue weighted by Crippen LogP contribution is 2.37. The first-order valence-electron chi connectivity index (χ1n) is 4.59. The van der Waals surface area contributed by atoms with E-state index in [0.717, 1.165) is 13.0 Å². The van der Waals surface area contributed by atoms with Gasteiger partial charge in [0.15, 0.2) is 5.78 Å². The Labute approximate surface area is 98.3 Å². The molecule has 18 heavy (non-hydrogen) atoms. The first-order chi connectivity index (χ1) is 8.12. The van der Waals surface area contributed by atoms with Crippen molar-refractivity contribution in [2.45, 2.75) is 19.7 Å². The third-order valence-electron chi connectivity index (χ3n) is 2.03. The molecule has 8 heteroatoms. The molecule has 0 aliphatic carbocycles. The van der Waals surface area contributed by atoms with Crippen LogP contribution in [0, 0.1) is 0 Å². The minimum Gasteiger partial charge on any atom is -0.435 e. The van der Waals surface area contributed by atoms with E-state index in [1.165, 1.54) is 0 Å². The zero-order valence-electron chi connectivity index (χ0n) is 9.02. The van der Waals surface area contributed by atoms with Crippen LogP contribution in [0.4, 0.5) is 27.6 Å². The van der Waals surface area contributed by atoms with Crippen LogP contribution in [0.5, 0.6) is 5.75 Å². The molecule has 1 aromatic carbocycles. The van der Waals surface area contributed by atoms with Crippen LogP contribution in [0.15, 0.2) is 12.1 Å². The Hall–Kier alpha value is -1.86. The first kappa shape index (κ1) is 14.2. The maximum atomic E-state index is 12.7. The third-order valence-corrected chi connectivity index (χ3v) is 2.03. The normalized spacial score (nSPS) is 11.7. The molecule has 1 aromatic rings. The standard InChI is InChI=1S/C10H8F5NO2/c1-4(17)8-6(10(13,14)15)2-5(3-7(8)16)18-9(11)12/h2-3,9H,16H2,1H3. The van der Waals surface area contributed by atoms with E-state index < -0.39 is 41.1 Å². The Morgan fingerprint density at radius 3 is 2.28 bits per heavy atom. The summed E-state index contributed by atoms with van der Waals surface area (Å²) < 4.78 is 65.7. The lowest BCUT2D eigenvalue weighted by Gasteiger charge is -2.15. The van der Waals surface area contributed by atoms with Gasteiger partial charge < -0.3 is 10.5 Å². The van der Waals surface area contributed by atoms with Gasteiger partial charge in [-0.2, -0.15) is 22.0 Å². The van der Waals surface area contributed by atoms with Crippen LogP contribution in [0.3, 0.4) is 0 Å². The average Bonchev–Trinajstić information content (AvgIpc) is 2.12. The number of alkyl halides is 5.